The highest BCUT2D eigenvalue weighted by Gasteiger charge is 2.28. The molecule has 1 aliphatic rings. The van der Waals surface area contributed by atoms with Crippen LogP contribution in [0.15, 0.2) is 24.3 Å². The monoisotopic (exact) mass is 433 g/mol. The fraction of sp³-hybridized carbons (Fsp3) is 0.381. The number of aryl methyl sites for hydroxylation is 1. The predicted octanol–water partition coefficient (Wildman–Crippen LogP) is 2.98. The standard InChI is InChI=1S/C21H23NO7S/c1-3-27-21(25)19-13-7-6-10-16(13)30-20(19)22-17(23)11-29-18(24)12-28-15-9-5-4-8-14(15)26-2/h4-5,8-9H,3,6-7,10-12H2,1-2H3,(H,22,23). The maximum atomic E-state index is 12.3. The highest BCUT2D eigenvalue weighted by Crippen LogP contribution is 2.39. The lowest BCUT2D eigenvalue weighted by molar-refractivity contribution is -0.149. The van der Waals surface area contributed by atoms with Crippen molar-refractivity contribution in [1.29, 1.82) is 0 Å². The van der Waals surface area contributed by atoms with Gasteiger partial charge in [-0.3, -0.25) is 4.79 Å². The molecular formula is C21H23NO7S. The predicted molar refractivity (Wildman–Crippen MR) is 110 cm³/mol. The van der Waals surface area contributed by atoms with E-state index in [1.54, 1.807) is 31.2 Å². The van der Waals surface area contributed by atoms with Crippen LogP contribution in [0.2, 0.25) is 0 Å². The van der Waals surface area contributed by atoms with Gasteiger partial charge in [0.05, 0.1) is 19.3 Å². The fourth-order valence-corrected chi connectivity index (χ4v) is 4.43. The summed E-state index contributed by atoms with van der Waals surface area (Å²) in [4.78, 5) is 37.6. The van der Waals surface area contributed by atoms with Crippen molar-refractivity contribution in [3.05, 3.63) is 40.3 Å². The molecule has 0 fully saturated rings. The molecule has 9 heteroatoms. The molecule has 1 aromatic heterocycles. The van der Waals surface area contributed by atoms with Gasteiger partial charge in [0, 0.05) is 4.88 Å². The molecule has 0 aliphatic heterocycles. The molecule has 0 saturated carbocycles. The van der Waals surface area contributed by atoms with Crippen LogP contribution < -0.4 is 14.8 Å². The average molecular weight is 433 g/mol. The average Bonchev–Trinajstić information content (AvgIpc) is 3.31. The van der Waals surface area contributed by atoms with Gasteiger partial charge in [-0.1, -0.05) is 12.1 Å². The SMILES string of the molecule is CCOC(=O)c1c(NC(=O)COC(=O)COc2ccccc2OC)sc2c1CCC2. The van der Waals surface area contributed by atoms with Gasteiger partial charge in [-0.25, -0.2) is 9.59 Å². The highest BCUT2D eigenvalue weighted by atomic mass is 32.1. The van der Waals surface area contributed by atoms with E-state index in [2.05, 4.69) is 5.32 Å². The number of esters is 2. The third kappa shape index (κ3) is 5.10. The van der Waals surface area contributed by atoms with E-state index in [-0.39, 0.29) is 13.2 Å². The van der Waals surface area contributed by atoms with Crippen molar-refractivity contribution in [3.63, 3.8) is 0 Å². The largest absolute Gasteiger partial charge is 0.493 e. The molecule has 0 bridgehead atoms. The summed E-state index contributed by atoms with van der Waals surface area (Å²) in [5.74, 6) is -0.801. The zero-order valence-corrected chi connectivity index (χ0v) is 17.6. The van der Waals surface area contributed by atoms with Gasteiger partial charge in [-0.05, 0) is 43.9 Å². The summed E-state index contributed by atoms with van der Waals surface area (Å²) in [5, 5.41) is 3.10. The molecule has 0 radical (unpaired) electrons. The van der Waals surface area contributed by atoms with Crippen molar-refractivity contribution in [2.45, 2.75) is 26.2 Å². The maximum Gasteiger partial charge on any atom is 0.344 e. The summed E-state index contributed by atoms with van der Waals surface area (Å²) >= 11 is 1.37. The first kappa shape index (κ1) is 21.6. The Kier molecular flexibility index (Phi) is 7.29. The number of fused-ring (bicyclic) bond motifs is 1. The van der Waals surface area contributed by atoms with E-state index in [1.807, 2.05) is 0 Å². The van der Waals surface area contributed by atoms with Gasteiger partial charge >= 0.3 is 11.9 Å². The molecule has 160 valence electrons. The van der Waals surface area contributed by atoms with E-state index in [1.165, 1.54) is 18.4 Å². The number of nitrogens with one attached hydrogen (secondary N) is 1. The molecule has 1 aromatic carbocycles. The number of amides is 1. The quantitative estimate of drug-likeness (QED) is 0.607. The lowest BCUT2D eigenvalue weighted by Gasteiger charge is -2.10. The minimum absolute atomic E-state index is 0.251. The number of para-hydroxylation sites is 2. The summed E-state index contributed by atoms with van der Waals surface area (Å²) in [5.41, 5.74) is 1.35. The zero-order valence-electron chi connectivity index (χ0n) is 16.8. The maximum absolute atomic E-state index is 12.3. The Morgan fingerprint density at radius 2 is 1.83 bits per heavy atom. The molecule has 0 spiro atoms. The Hall–Kier alpha value is -3.07. The van der Waals surface area contributed by atoms with Crippen LogP contribution in [-0.4, -0.2) is 44.8 Å². The number of benzene rings is 1. The van der Waals surface area contributed by atoms with Crippen LogP contribution in [0.25, 0.3) is 0 Å². The number of hydrogen-bond donors (Lipinski definition) is 1. The smallest absolute Gasteiger partial charge is 0.344 e. The first-order chi connectivity index (χ1) is 14.5. The number of methoxy groups -OCH3 is 1. The summed E-state index contributed by atoms with van der Waals surface area (Å²) in [7, 11) is 1.50. The van der Waals surface area contributed by atoms with Gasteiger partial charge in [-0.2, -0.15) is 0 Å². The second-order valence-electron chi connectivity index (χ2n) is 6.43. The van der Waals surface area contributed by atoms with E-state index in [4.69, 9.17) is 18.9 Å². The molecule has 1 aliphatic carbocycles. The highest BCUT2D eigenvalue weighted by molar-refractivity contribution is 7.17. The normalized spacial score (nSPS) is 12.1. The Bertz CT molecular complexity index is 937. The number of carbonyl (C=O) groups is 3. The van der Waals surface area contributed by atoms with Gasteiger partial charge in [0.15, 0.2) is 24.7 Å². The lowest BCUT2D eigenvalue weighted by Crippen LogP contribution is -2.24. The molecule has 2 aromatic rings. The van der Waals surface area contributed by atoms with Crippen LogP contribution in [0.5, 0.6) is 11.5 Å². The topological polar surface area (TPSA) is 100 Å². The second-order valence-corrected chi connectivity index (χ2v) is 7.54. The van der Waals surface area contributed by atoms with E-state index in [9.17, 15) is 14.4 Å². The number of ether oxygens (including phenoxy) is 4. The summed E-state index contributed by atoms with van der Waals surface area (Å²) in [6, 6.07) is 6.88. The Labute approximate surface area is 178 Å². The Morgan fingerprint density at radius 3 is 2.57 bits per heavy atom. The van der Waals surface area contributed by atoms with Crippen LogP contribution in [0.3, 0.4) is 0 Å². The molecule has 0 atom stereocenters. The summed E-state index contributed by atoms with van der Waals surface area (Å²) < 4.78 is 20.6. The van der Waals surface area contributed by atoms with Crippen LogP contribution >= 0.6 is 11.3 Å². The number of rotatable bonds is 9. The van der Waals surface area contributed by atoms with E-state index < -0.39 is 24.5 Å². The minimum Gasteiger partial charge on any atom is -0.493 e. The lowest BCUT2D eigenvalue weighted by atomic mass is 10.1. The third-order valence-electron chi connectivity index (χ3n) is 4.43. The number of anilines is 1. The molecule has 8 nitrogen and oxygen atoms in total. The van der Waals surface area contributed by atoms with E-state index in [0.717, 1.165) is 29.7 Å². The van der Waals surface area contributed by atoms with Crippen LogP contribution in [0.4, 0.5) is 5.00 Å². The van der Waals surface area contributed by atoms with Gasteiger partial charge in [0.1, 0.15) is 5.00 Å². The fourth-order valence-electron chi connectivity index (χ4n) is 3.14. The van der Waals surface area contributed by atoms with Gasteiger partial charge in [-0.15, -0.1) is 11.3 Å². The van der Waals surface area contributed by atoms with Crippen molar-refractivity contribution >= 4 is 34.2 Å². The van der Waals surface area contributed by atoms with Crippen molar-refractivity contribution < 1.29 is 33.3 Å². The van der Waals surface area contributed by atoms with Gasteiger partial charge in [0.2, 0.25) is 0 Å². The molecule has 1 heterocycles. The third-order valence-corrected chi connectivity index (χ3v) is 5.64. The van der Waals surface area contributed by atoms with E-state index >= 15 is 0 Å². The summed E-state index contributed by atoms with van der Waals surface area (Å²) in [6.07, 6.45) is 2.63. The molecular weight excluding hydrogens is 410 g/mol. The second kappa shape index (κ2) is 10.1. The van der Waals surface area contributed by atoms with Crippen LogP contribution in [0.1, 0.15) is 34.1 Å². The van der Waals surface area contributed by atoms with Crippen LogP contribution in [-0.2, 0) is 31.9 Å². The van der Waals surface area contributed by atoms with E-state index in [0.29, 0.717) is 22.1 Å². The number of thiophene rings is 1. The minimum atomic E-state index is -0.699. The van der Waals surface area contributed by atoms with Crippen molar-refractivity contribution in [2.75, 3.05) is 32.2 Å². The Morgan fingerprint density at radius 1 is 1.07 bits per heavy atom. The number of carbonyl (C=O) groups excluding carboxylic acids is 3. The van der Waals surface area contributed by atoms with Crippen molar-refractivity contribution in [1.82, 2.24) is 0 Å². The van der Waals surface area contributed by atoms with Crippen molar-refractivity contribution in [2.24, 2.45) is 0 Å². The first-order valence-corrected chi connectivity index (χ1v) is 10.4. The molecule has 3 rings (SSSR count). The molecule has 0 unspecified atom stereocenters. The molecule has 0 saturated heterocycles. The Balaban J connectivity index is 1.53. The summed E-state index contributed by atoms with van der Waals surface area (Å²) in [6.45, 7) is 1.13. The first-order valence-electron chi connectivity index (χ1n) is 9.56. The van der Waals surface area contributed by atoms with Crippen molar-refractivity contribution in [3.8, 4) is 11.5 Å². The van der Waals surface area contributed by atoms with Gasteiger partial charge in [0.25, 0.3) is 5.91 Å². The molecule has 1 N–H and O–H groups in total. The van der Waals surface area contributed by atoms with Gasteiger partial charge < -0.3 is 24.3 Å². The molecule has 30 heavy (non-hydrogen) atoms. The van der Waals surface area contributed by atoms with Crippen LogP contribution in [0, 0.1) is 0 Å². The number of hydrogen-bond acceptors (Lipinski definition) is 8. The molecule has 1 amide bonds. The zero-order chi connectivity index (χ0) is 21.5.